The number of amides is 1. The van der Waals surface area contributed by atoms with E-state index in [1.165, 1.54) is 6.42 Å². The van der Waals surface area contributed by atoms with E-state index < -0.39 is 0 Å². The van der Waals surface area contributed by atoms with Crippen LogP contribution >= 0.6 is 24.8 Å². The van der Waals surface area contributed by atoms with Gasteiger partial charge < -0.3 is 19.8 Å². The van der Waals surface area contributed by atoms with E-state index in [1.54, 1.807) is 6.07 Å². The summed E-state index contributed by atoms with van der Waals surface area (Å²) in [5.41, 5.74) is 3.43. The maximum atomic E-state index is 12.7. The Hall–Kier alpha value is -2.28. The van der Waals surface area contributed by atoms with Crippen molar-refractivity contribution in [2.24, 2.45) is 5.92 Å². The molecule has 1 amide bonds. The molecule has 0 bridgehead atoms. The van der Waals surface area contributed by atoms with Gasteiger partial charge in [-0.15, -0.1) is 24.8 Å². The zero-order chi connectivity index (χ0) is 19.3. The summed E-state index contributed by atoms with van der Waals surface area (Å²) in [7, 11) is 0. The summed E-state index contributed by atoms with van der Waals surface area (Å²) in [5.74, 6) is 0.981. The second-order valence-electron chi connectivity index (χ2n) is 7.36. The lowest BCUT2D eigenvalue weighted by Gasteiger charge is -2.23. The first-order valence-corrected chi connectivity index (χ1v) is 9.84. The minimum atomic E-state index is -0.0907. The number of hydrogen-bond acceptors (Lipinski definition) is 4. The van der Waals surface area contributed by atoms with Gasteiger partial charge in [0.05, 0.1) is 11.3 Å². The molecule has 1 fully saturated rings. The highest BCUT2D eigenvalue weighted by Gasteiger charge is 2.17. The second-order valence-corrected chi connectivity index (χ2v) is 7.36. The molecule has 3 heterocycles. The van der Waals surface area contributed by atoms with Crippen LogP contribution in [0.3, 0.4) is 0 Å². The molecule has 1 aliphatic heterocycles. The van der Waals surface area contributed by atoms with E-state index in [2.05, 4.69) is 15.6 Å². The third-order valence-corrected chi connectivity index (χ3v) is 5.19. The first kappa shape index (κ1) is 24.0. The molecule has 2 N–H and O–H groups in total. The Morgan fingerprint density at radius 1 is 1.27 bits per heavy atom. The molecule has 6 nitrogen and oxygen atoms in total. The third kappa shape index (κ3) is 5.65. The van der Waals surface area contributed by atoms with Crippen molar-refractivity contribution in [2.45, 2.75) is 26.4 Å². The number of ether oxygens (including phenoxy) is 1. The number of pyridine rings is 1. The average Bonchev–Trinajstić information content (AvgIpc) is 3.16. The number of fused-ring (bicyclic) bond motifs is 1. The van der Waals surface area contributed by atoms with Gasteiger partial charge in [0.25, 0.3) is 5.91 Å². The van der Waals surface area contributed by atoms with Crippen molar-refractivity contribution in [1.29, 1.82) is 0 Å². The number of aryl methyl sites for hydroxylation is 1. The predicted molar refractivity (Wildman–Crippen MR) is 123 cm³/mol. The summed E-state index contributed by atoms with van der Waals surface area (Å²) in [6, 6.07) is 11.4. The summed E-state index contributed by atoms with van der Waals surface area (Å²) >= 11 is 0. The van der Waals surface area contributed by atoms with Gasteiger partial charge in [-0.3, -0.25) is 4.79 Å². The van der Waals surface area contributed by atoms with E-state index in [1.807, 2.05) is 54.0 Å². The highest BCUT2D eigenvalue weighted by atomic mass is 35.5. The predicted octanol–water partition coefficient (Wildman–Crippen LogP) is 3.79. The molecule has 1 aliphatic rings. The fraction of sp³-hybridized carbons (Fsp3) is 0.364. The van der Waals surface area contributed by atoms with Crippen LogP contribution in [0.2, 0.25) is 0 Å². The van der Waals surface area contributed by atoms with Crippen LogP contribution in [0.25, 0.3) is 5.65 Å². The van der Waals surface area contributed by atoms with Crippen molar-refractivity contribution in [1.82, 2.24) is 20.0 Å². The van der Waals surface area contributed by atoms with E-state index in [0.29, 0.717) is 30.4 Å². The largest absolute Gasteiger partial charge is 0.486 e. The molecule has 30 heavy (non-hydrogen) atoms. The lowest BCUT2D eigenvalue weighted by Crippen LogP contribution is -2.38. The van der Waals surface area contributed by atoms with Gasteiger partial charge in [0.2, 0.25) is 0 Å². The number of benzene rings is 1. The van der Waals surface area contributed by atoms with Crippen molar-refractivity contribution in [3.63, 3.8) is 0 Å². The molecule has 0 radical (unpaired) electrons. The molecule has 1 atom stereocenters. The Kier molecular flexibility index (Phi) is 8.96. The van der Waals surface area contributed by atoms with Crippen LogP contribution in [0.15, 0.2) is 48.8 Å². The fourth-order valence-corrected chi connectivity index (χ4v) is 3.64. The number of para-hydroxylation sites is 1. The SMILES string of the molecule is Cc1cccn2cc(COc3ccccc3C(=O)NCC3CCCNC3)nc12.Cl.Cl. The number of nitrogens with zero attached hydrogens (tertiary/aromatic N) is 2. The molecule has 3 aromatic rings. The lowest BCUT2D eigenvalue weighted by atomic mass is 9.99. The number of hydrogen-bond donors (Lipinski definition) is 2. The molecule has 1 aromatic carbocycles. The smallest absolute Gasteiger partial charge is 0.255 e. The molecule has 4 rings (SSSR count). The topological polar surface area (TPSA) is 67.7 Å². The first-order valence-electron chi connectivity index (χ1n) is 9.84. The Balaban J connectivity index is 0.00000160. The maximum Gasteiger partial charge on any atom is 0.255 e. The molecule has 0 aliphatic carbocycles. The van der Waals surface area contributed by atoms with E-state index in [-0.39, 0.29) is 30.7 Å². The normalized spacial score (nSPS) is 15.7. The fourth-order valence-electron chi connectivity index (χ4n) is 3.64. The van der Waals surface area contributed by atoms with Gasteiger partial charge in [-0.2, -0.15) is 0 Å². The molecule has 2 aromatic heterocycles. The molecule has 0 saturated carbocycles. The number of nitrogens with one attached hydrogen (secondary N) is 2. The Morgan fingerprint density at radius 2 is 2.10 bits per heavy atom. The van der Waals surface area contributed by atoms with Crippen molar-refractivity contribution in [3.05, 3.63) is 65.6 Å². The van der Waals surface area contributed by atoms with Crippen LogP contribution in [-0.2, 0) is 6.61 Å². The number of aromatic nitrogens is 2. The number of piperidine rings is 1. The molecular weight excluding hydrogens is 423 g/mol. The highest BCUT2D eigenvalue weighted by Crippen LogP contribution is 2.20. The summed E-state index contributed by atoms with van der Waals surface area (Å²) in [6.45, 7) is 5.08. The van der Waals surface area contributed by atoms with Crippen LogP contribution in [0.4, 0.5) is 0 Å². The van der Waals surface area contributed by atoms with Gasteiger partial charge >= 0.3 is 0 Å². The average molecular weight is 451 g/mol. The van der Waals surface area contributed by atoms with Gasteiger partial charge in [0.15, 0.2) is 0 Å². The van der Waals surface area contributed by atoms with Crippen molar-refractivity contribution in [3.8, 4) is 5.75 Å². The summed E-state index contributed by atoms with van der Waals surface area (Å²) in [4.78, 5) is 17.3. The van der Waals surface area contributed by atoms with Gasteiger partial charge in [0.1, 0.15) is 18.0 Å². The zero-order valence-electron chi connectivity index (χ0n) is 17.0. The maximum absolute atomic E-state index is 12.7. The highest BCUT2D eigenvalue weighted by molar-refractivity contribution is 5.96. The number of halogens is 2. The standard InChI is InChI=1S/C22H26N4O2.2ClH/c1-16-6-5-11-26-14-18(25-21(16)26)15-28-20-9-3-2-8-19(20)22(27)24-13-17-7-4-10-23-12-17;;/h2-3,5-6,8-9,11,14,17,23H,4,7,10,12-13,15H2,1H3,(H,24,27);2*1H. The van der Waals surface area contributed by atoms with E-state index >= 15 is 0 Å². The van der Waals surface area contributed by atoms with Crippen LogP contribution in [-0.4, -0.2) is 34.9 Å². The zero-order valence-corrected chi connectivity index (χ0v) is 18.6. The summed E-state index contributed by atoms with van der Waals surface area (Å²) < 4.78 is 7.95. The number of imidazole rings is 1. The molecular formula is C22H28Cl2N4O2. The van der Waals surface area contributed by atoms with E-state index in [9.17, 15) is 4.79 Å². The number of carbonyl (C=O) groups excluding carboxylic acids is 1. The quantitative estimate of drug-likeness (QED) is 0.599. The van der Waals surface area contributed by atoms with Crippen molar-refractivity contribution < 1.29 is 9.53 Å². The van der Waals surface area contributed by atoms with E-state index in [0.717, 1.165) is 36.4 Å². The lowest BCUT2D eigenvalue weighted by molar-refractivity contribution is 0.0940. The second kappa shape index (κ2) is 11.2. The van der Waals surface area contributed by atoms with Gasteiger partial charge in [-0.25, -0.2) is 4.98 Å². The van der Waals surface area contributed by atoms with Crippen LogP contribution in [0, 0.1) is 12.8 Å². The van der Waals surface area contributed by atoms with Crippen LogP contribution < -0.4 is 15.4 Å². The Bertz CT molecular complexity index is 971. The minimum absolute atomic E-state index is 0. The minimum Gasteiger partial charge on any atom is -0.486 e. The van der Waals surface area contributed by atoms with Crippen LogP contribution in [0.1, 0.15) is 34.5 Å². The molecule has 0 spiro atoms. The van der Waals surface area contributed by atoms with Crippen molar-refractivity contribution >= 4 is 36.4 Å². The molecule has 162 valence electrons. The number of rotatable bonds is 6. The summed E-state index contributed by atoms with van der Waals surface area (Å²) in [6.07, 6.45) is 6.25. The van der Waals surface area contributed by atoms with Crippen molar-refractivity contribution in [2.75, 3.05) is 19.6 Å². The number of carbonyl (C=O) groups is 1. The Morgan fingerprint density at radius 3 is 2.87 bits per heavy atom. The summed E-state index contributed by atoms with van der Waals surface area (Å²) in [5, 5.41) is 6.44. The van der Waals surface area contributed by atoms with Gasteiger partial charge in [-0.1, -0.05) is 18.2 Å². The Labute approximate surface area is 189 Å². The molecule has 1 unspecified atom stereocenters. The molecule has 1 saturated heterocycles. The van der Waals surface area contributed by atoms with Gasteiger partial charge in [-0.05, 0) is 62.5 Å². The first-order chi connectivity index (χ1) is 13.7. The monoisotopic (exact) mass is 450 g/mol. The van der Waals surface area contributed by atoms with Gasteiger partial charge in [0, 0.05) is 18.9 Å². The molecule has 8 heteroatoms. The third-order valence-electron chi connectivity index (χ3n) is 5.19. The van der Waals surface area contributed by atoms with E-state index in [4.69, 9.17) is 4.74 Å². The van der Waals surface area contributed by atoms with Crippen LogP contribution in [0.5, 0.6) is 5.75 Å².